The van der Waals surface area contributed by atoms with Crippen molar-refractivity contribution in [1.82, 2.24) is 0 Å². The van der Waals surface area contributed by atoms with Crippen LogP contribution in [-0.2, 0) is 4.57 Å². The Morgan fingerprint density at radius 1 is 1.25 bits per heavy atom. The zero-order chi connectivity index (χ0) is 4.50. The van der Waals surface area contributed by atoms with Gasteiger partial charge in [0.25, 0.3) is 7.82 Å². The second-order valence-corrected chi connectivity index (χ2v) is 1.47. The minimum Gasteiger partial charge on any atom is -0.756 e. The molecule has 8 heavy (non-hydrogen) atoms. The summed E-state index contributed by atoms with van der Waals surface area (Å²) in [5, 5.41) is 0. The summed E-state index contributed by atoms with van der Waals surface area (Å²) in [6.45, 7) is 0. The number of phosphoric acid groups is 1. The molecule has 0 aromatic heterocycles. The van der Waals surface area contributed by atoms with Crippen LogP contribution in [0, 0.1) is 0 Å². The Kier molecular flexibility index (Phi) is 26.2. The van der Waals surface area contributed by atoms with Crippen molar-refractivity contribution in [2.45, 2.75) is 0 Å². The van der Waals surface area contributed by atoms with Crippen LogP contribution in [0.15, 0.2) is 0 Å². The maximum Gasteiger partial charge on any atom is 1.00 e. The van der Waals surface area contributed by atoms with Gasteiger partial charge in [-0.05, 0) is 0 Å². The van der Waals surface area contributed by atoms with Crippen molar-refractivity contribution in [1.29, 1.82) is 0 Å². The molecule has 48 valence electrons. The van der Waals surface area contributed by atoms with Gasteiger partial charge in [-0.15, -0.1) is 24.8 Å². The Hall–Kier alpha value is 2.33. The van der Waals surface area contributed by atoms with E-state index in [-0.39, 0.29) is 76.2 Å². The van der Waals surface area contributed by atoms with Gasteiger partial charge in [0.05, 0.1) is 0 Å². The van der Waals surface area contributed by atoms with E-state index in [9.17, 15) is 0 Å². The zero-order valence-corrected chi connectivity index (χ0v) is 9.63. The Balaban J connectivity index is -0.0000000267. The fraction of sp³-hybridized carbons (Fsp3) is 0. The molecule has 8 heteroatoms. The topological polar surface area (TPSA) is 80.6 Å². The molecule has 0 aliphatic heterocycles. The van der Waals surface area contributed by atoms with E-state index >= 15 is 0 Å². The van der Waals surface area contributed by atoms with Crippen LogP contribution >= 0.6 is 32.6 Å². The molecule has 0 aliphatic rings. The molecular formula is H4Cl2KO4P. The van der Waals surface area contributed by atoms with Crippen molar-refractivity contribution in [3.8, 4) is 0 Å². The van der Waals surface area contributed by atoms with Gasteiger partial charge < -0.3 is 14.7 Å². The maximum atomic E-state index is 8.77. The molecule has 0 atom stereocenters. The van der Waals surface area contributed by atoms with Crippen LogP contribution in [0.2, 0.25) is 0 Å². The van der Waals surface area contributed by atoms with Gasteiger partial charge in [-0.2, -0.15) is 0 Å². The second kappa shape index (κ2) is 9.33. The normalized spacial score (nSPS) is 7.38. The first-order chi connectivity index (χ1) is 2.00. The molecule has 2 N–H and O–H groups in total. The molecule has 0 rings (SSSR count). The molecule has 0 aliphatic carbocycles. The fourth-order valence-corrected chi connectivity index (χ4v) is 0. The van der Waals surface area contributed by atoms with Crippen molar-refractivity contribution in [3.63, 3.8) is 0 Å². The third kappa shape index (κ3) is 82.6. The van der Waals surface area contributed by atoms with Crippen LogP contribution in [-0.4, -0.2) is 9.79 Å². The Morgan fingerprint density at radius 2 is 1.25 bits per heavy atom. The maximum absolute atomic E-state index is 8.77. The molecule has 0 fully saturated rings. The minimum absolute atomic E-state index is 0. The summed E-state index contributed by atoms with van der Waals surface area (Å²) in [6, 6.07) is 0. The SMILES string of the molecule is Cl.Cl.O=P([O-])(O)O.[K+]. The predicted molar refractivity (Wildman–Crippen MR) is 26.5 cm³/mol. The van der Waals surface area contributed by atoms with Gasteiger partial charge >= 0.3 is 51.4 Å². The number of hydrogen-bond donors (Lipinski definition) is 2. The first-order valence-corrected chi connectivity index (χ1v) is 2.30. The Bertz CT molecular complexity index is 60.2. The fourth-order valence-electron chi connectivity index (χ4n) is 0. The van der Waals surface area contributed by atoms with E-state index in [1.54, 1.807) is 0 Å². The van der Waals surface area contributed by atoms with E-state index in [4.69, 9.17) is 19.2 Å². The molecule has 4 nitrogen and oxygen atoms in total. The number of halogens is 2. The van der Waals surface area contributed by atoms with Crippen molar-refractivity contribution < 1.29 is 70.6 Å². The average molecular weight is 209 g/mol. The first-order valence-electron chi connectivity index (χ1n) is 0.765. The van der Waals surface area contributed by atoms with E-state index in [1.807, 2.05) is 0 Å². The van der Waals surface area contributed by atoms with Crippen LogP contribution in [0.3, 0.4) is 0 Å². The van der Waals surface area contributed by atoms with E-state index in [1.165, 1.54) is 0 Å². The van der Waals surface area contributed by atoms with Gasteiger partial charge in [0.2, 0.25) is 0 Å². The molecule has 0 heterocycles. The number of rotatable bonds is 0. The van der Waals surface area contributed by atoms with E-state index in [0.717, 1.165) is 0 Å². The summed E-state index contributed by atoms with van der Waals surface area (Å²) in [4.78, 5) is 22.9. The predicted octanol–water partition coefficient (Wildman–Crippen LogP) is -3.71. The average Bonchev–Trinajstić information content (AvgIpc) is 0.722. The van der Waals surface area contributed by atoms with Crippen molar-refractivity contribution in [2.75, 3.05) is 0 Å². The molecule has 0 aromatic carbocycles. The Labute approximate surface area is 102 Å². The molecule has 0 saturated heterocycles. The van der Waals surface area contributed by atoms with Crippen LogP contribution in [0.25, 0.3) is 0 Å². The van der Waals surface area contributed by atoms with E-state index in [0.29, 0.717) is 0 Å². The smallest absolute Gasteiger partial charge is 0.756 e. The molecule has 0 radical (unpaired) electrons. The summed E-state index contributed by atoms with van der Waals surface area (Å²) in [5.74, 6) is 0. The molecular weight excluding hydrogens is 205 g/mol. The van der Waals surface area contributed by atoms with Crippen molar-refractivity contribution in [2.24, 2.45) is 0 Å². The van der Waals surface area contributed by atoms with Gasteiger partial charge in [-0.1, -0.05) is 0 Å². The first kappa shape index (κ1) is 22.4. The molecule has 0 unspecified atom stereocenters. The van der Waals surface area contributed by atoms with E-state index < -0.39 is 7.82 Å². The zero-order valence-electron chi connectivity index (χ0n) is 3.97. The summed E-state index contributed by atoms with van der Waals surface area (Å²) in [7, 11) is -4.89. The van der Waals surface area contributed by atoms with Crippen LogP contribution < -0.4 is 56.3 Å². The molecule has 0 aromatic rings. The standard InChI is InChI=1S/2ClH.K.H3O4P/c;;;1-5(2,3)4/h2*1H;;(H3,1,2,3,4)/q;;+1;/p-1. The Morgan fingerprint density at radius 3 is 1.25 bits per heavy atom. The third-order valence-electron chi connectivity index (χ3n) is 0. The largest absolute Gasteiger partial charge is 1.00 e. The van der Waals surface area contributed by atoms with Crippen LogP contribution in [0.5, 0.6) is 0 Å². The quantitative estimate of drug-likeness (QED) is 0.317. The van der Waals surface area contributed by atoms with Crippen LogP contribution in [0.4, 0.5) is 0 Å². The van der Waals surface area contributed by atoms with Crippen LogP contribution in [0.1, 0.15) is 0 Å². The molecule has 0 amide bonds. The van der Waals surface area contributed by atoms with Gasteiger partial charge in [0.1, 0.15) is 0 Å². The second-order valence-electron chi connectivity index (χ2n) is 0.491. The van der Waals surface area contributed by atoms with Gasteiger partial charge in [-0.3, -0.25) is 4.57 Å². The molecule has 0 saturated carbocycles. The summed E-state index contributed by atoms with van der Waals surface area (Å²) >= 11 is 0. The summed E-state index contributed by atoms with van der Waals surface area (Å²) < 4.78 is 8.77. The third-order valence-corrected chi connectivity index (χ3v) is 0. The van der Waals surface area contributed by atoms with Gasteiger partial charge in [-0.25, -0.2) is 0 Å². The van der Waals surface area contributed by atoms with Crippen molar-refractivity contribution >= 4 is 32.6 Å². The summed E-state index contributed by atoms with van der Waals surface area (Å²) in [5.41, 5.74) is 0. The number of hydrogen-bond acceptors (Lipinski definition) is 2. The van der Waals surface area contributed by atoms with Gasteiger partial charge in [0.15, 0.2) is 0 Å². The van der Waals surface area contributed by atoms with Gasteiger partial charge in [0, 0.05) is 0 Å². The molecule has 0 bridgehead atoms. The monoisotopic (exact) mass is 208 g/mol. The molecule has 0 spiro atoms. The van der Waals surface area contributed by atoms with Crippen molar-refractivity contribution in [3.05, 3.63) is 0 Å². The summed E-state index contributed by atoms with van der Waals surface area (Å²) in [6.07, 6.45) is 0. The minimum atomic E-state index is -4.89. The van der Waals surface area contributed by atoms with E-state index in [2.05, 4.69) is 0 Å².